The Morgan fingerprint density at radius 1 is 1.18 bits per heavy atom. The lowest BCUT2D eigenvalue weighted by Crippen LogP contribution is -2.07. The third-order valence-corrected chi connectivity index (χ3v) is 0.513. The predicted molar refractivity (Wildman–Crippen MR) is 36.6 cm³/mol. The quantitative estimate of drug-likeness (QED) is 0.305. The highest BCUT2D eigenvalue weighted by atomic mass is 16.5. The predicted octanol–water partition coefficient (Wildman–Crippen LogP) is -2.60. The lowest BCUT2D eigenvalue weighted by molar-refractivity contribution is 0.278. The van der Waals surface area contributed by atoms with Crippen LogP contribution < -0.4 is 5.73 Å². The number of nitrogen functional groups attached to an aromatic ring is 1. The third-order valence-electron chi connectivity index (χ3n) is 0.513. The first kappa shape index (κ1) is 9.75. The third kappa shape index (κ3) is 8.75. The van der Waals surface area contributed by atoms with Crippen molar-refractivity contribution in [3.8, 4) is 0 Å². The van der Waals surface area contributed by atoms with E-state index >= 15 is 0 Å². The lowest BCUT2D eigenvalue weighted by atomic mass is 10.3. The molecule has 0 saturated heterocycles. The molecule has 1 aromatic rings. The Hall–Kier alpha value is -1.25. The lowest BCUT2D eigenvalue weighted by Gasteiger charge is -1.81. The fourth-order valence-corrected chi connectivity index (χ4v) is 0.248. The highest BCUT2D eigenvalue weighted by Gasteiger charge is 1.92. The van der Waals surface area contributed by atoms with Crippen LogP contribution in [0.4, 0.5) is 5.95 Å². The molecule has 0 aromatic carbocycles. The molecular formula is C3H7BN4O3. The Morgan fingerprint density at radius 3 is 1.73 bits per heavy atom. The summed E-state index contributed by atoms with van der Waals surface area (Å²) in [6.07, 6.45) is 2.70. The van der Waals surface area contributed by atoms with E-state index in [4.69, 9.17) is 20.8 Å². The molecule has 1 aromatic heterocycles. The van der Waals surface area contributed by atoms with Crippen LogP contribution in [0.2, 0.25) is 0 Å². The fraction of sp³-hybridized carbons (Fsp3) is 0. The Morgan fingerprint density at radius 2 is 1.55 bits per heavy atom. The summed E-state index contributed by atoms with van der Waals surface area (Å²) >= 11 is 0. The molecule has 60 valence electrons. The van der Waals surface area contributed by atoms with E-state index in [1.807, 2.05) is 0 Å². The van der Waals surface area contributed by atoms with Crippen molar-refractivity contribution in [2.45, 2.75) is 0 Å². The molecular weight excluding hydrogens is 151 g/mol. The minimum absolute atomic E-state index is 0.259. The van der Waals surface area contributed by atoms with Crippen LogP contribution in [-0.2, 0) is 0 Å². The van der Waals surface area contributed by atoms with Crippen LogP contribution in [0.1, 0.15) is 0 Å². The summed E-state index contributed by atoms with van der Waals surface area (Å²) in [5.41, 5.74) is 5.10. The van der Waals surface area contributed by atoms with Crippen LogP contribution in [0.15, 0.2) is 12.7 Å². The van der Waals surface area contributed by atoms with Crippen molar-refractivity contribution in [2.24, 2.45) is 0 Å². The van der Waals surface area contributed by atoms with Crippen molar-refractivity contribution in [3.05, 3.63) is 12.7 Å². The molecule has 0 spiro atoms. The van der Waals surface area contributed by atoms with Gasteiger partial charge in [0, 0.05) is 0 Å². The Kier molecular flexibility index (Phi) is 4.91. The average molecular weight is 158 g/mol. The standard InChI is InChI=1S/C3H4N4.BH3O3/c4-3-6-1-5-2-7-3;2-1(3)4/h1-2H,(H2,4,5,6,7);2-4H. The zero-order chi connectivity index (χ0) is 8.69. The maximum atomic E-state index is 7.17. The SMILES string of the molecule is Nc1ncncn1.OB(O)O. The van der Waals surface area contributed by atoms with Gasteiger partial charge in [-0.1, -0.05) is 0 Å². The van der Waals surface area contributed by atoms with Crippen LogP contribution in [0.5, 0.6) is 0 Å². The van der Waals surface area contributed by atoms with Gasteiger partial charge in [0.15, 0.2) is 0 Å². The van der Waals surface area contributed by atoms with E-state index in [1.165, 1.54) is 12.7 Å². The molecule has 5 N–H and O–H groups in total. The highest BCUT2D eigenvalue weighted by molar-refractivity contribution is 6.30. The van der Waals surface area contributed by atoms with Gasteiger partial charge in [-0.2, -0.15) is 0 Å². The largest absolute Gasteiger partial charge is 0.631 e. The molecule has 0 fully saturated rings. The Balaban J connectivity index is 0.000000218. The summed E-state index contributed by atoms with van der Waals surface area (Å²) in [4.78, 5) is 10.6. The van der Waals surface area contributed by atoms with Gasteiger partial charge in [0.25, 0.3) is 0 Å². The molecule has 0 aliphatic heterocycles. The first-order valence-electron chi connectivity index (χ1n) is 2.54. The second-order valence-electron chi connectivity index (χ2n) is 1.34. The molecule has 0 aliphatic rings. The van der Waals surface area contributed by atoms with Crippen molar-refractivity contribution >= 4 is 13.3 Å². The number of rotatable bonds is 0. The van der Waals surface area contributed by atoms with Crippen LogP contribution in [0.25, 0.3) is 0 Å². The number of nitrogens with zero attached hydrogens (tertiary/aromatic N) is 3. The maximum Gasteiger partial charge on any atom is 0.631 e. The normalized spacial score (nSPS) is 7.91. The summed E-state index contributed by atoms with van der Waals surface area (Å²) in [6, 6.07) is 0. The van der Waals surface area contributed by atoms with E-state index in [0.29, 0.717) is 0 Å². The summed E-state index contributed by atoms with van der Waals surface area (Å²) in [6.45, 7) is 0. The van der Waals surface area contributed by atoms with Crippen molar-refractivity contribution in [1.29, 1.82) is 0 Å². The fourth-order valence-electron chi connectivity index (χ4n) is 0.248. The van der Waals surface area contributed by atoms with E-state index < -0.39 is 7.32 Å². The van der Waals surface area contributed by atoms with E-state index in [1.54, 1.807) is 0 Å². The van der Waals surface area contributed by atoms with Crippen LogP contribution >= 0.6 is 0 Å². The molecule has 8 heteroatoms. The molecule has 11 heavy (non-hydrogen) atoms. The maximum absolute atomic E-state index is 7.17. The molecule has 1 heterocycles. The number of aromatic nitrogens is 3. The smallest absolute Gasteiger partial charge is 0.402 e. The van der Waals surface area contributed by atoms with E-state index in [9.17, 15) is 0 Å². The van der Waals surface area contributed by atoms with Crippen LogP contribution in [0, 0.1) is 0 Å². The first-order valence-corrected chi connectivity index (χ1v) is 2.54. The number of nitrogens with two attached hydrogens (primary N) is 1. The molecule has 0 bridgehead atoms. The number of hydrogen-bond donors (Lipinski definition) is 4. The van der Waals surface area contributed by atoms with Crippen molar-refractivity contribution in [3.63, 3.8) is 0 Å². The second-order valence-corrected chi connectivity index (χ2v) is 1.34. The molecule has 0 unspecified atom stereocenters. The minimum atomic E-state index is -2.17. The van der Waals surface area contributed by atoms with Crippen molar-refractivity contribution < 1.29 is 15.1 Å². The van der Waals surface area contributed by atoms with Gasteiger partial charge in [0.2, 0.25) is 5.95 Å². The summed E-state index contributed by atoms with van der Waals surface area (Å²) < 4.78 is 0. The van der Waals surface area contributed by atoms with Crippen LogP contribution in [-0.4, -0.2) is 37.3 Å². The zero-order valence-electron chi connectivity index (χ0n) is 5.49. The van der Waals surface area contributed by atoms with E-state index in [0.717, 1.165) is 0 Å². The summed E-state index contributed by atoms with van der Waals surface area (Å²) in [7, 11) is -2.17. The van der Waals surface area contributed by atoms with Crippen molar-refractivity contribution in [2.75, 3.05) is 5.73 Å². The second kappa shape index (κ2) is 5.53. The summed E-state index contributed by atoms with van der Waals surface area (Å²) in [5.74, 6) is 0.259. The molecule has 7 nitrogen and oxygen atoms in total. The zero-order valence-corrected chi connectivity index (χ0v) is 5.49. The van der Waals surface area contributed by atoms with Crippen molar-refractivity contribution in [1.82, 2.24) is 15.0 Å². The average Bonchev–Trinajstić information content (AvgIpc) is 1.87. The van der Waals surface area contributed by atoms with Gasteiger partial charge < -0.3 is 20.8 Å². The van der Waals surface area contributed by atoms with Gasteiger partial charge >= 0.3 is 7.32 Å². The van der Waals surface area contributed by atoms with Gasteiger partial charge in [-0.3, -0.25) is 0 Å². The first-order chi connectivity index (χ1) is 5.13. The van der Waals surface area contributed by atoms with E-state index in [2.05, 4.69) is 15.0 Å². The molecule has 0 atom stereocenters. The van der Waals surface area contributed by atoms with Gasteiger partial charge in [0.1, 0.15) is 12.7 Å². The molecule has 1 rings (SSSR count). The number of hydrogen-bond acceptors (Lipinski definition) is 7. The number of anilines is 1. The van der Waals surface area contributed by atoms with Gasteiger partial charge in [-0.05, 0) is 0 Å². The molecule has 0 radical (unpaired) electrons. The van der Waals surface area contributed by atoms with Gasteiger partial charge in [-0.15, -0.1) is 0 Å². The minimum Gasteiger partial charge on any atom is -0.402 e. The van der Waals surface area contributed by atoms with E-state index in [-0.39, 0.29) is 5.95 Å². The van der Waals surface area contributed by atoms with Crippen LogP contribution in [0.3, 0.4) is 0 Å². The Labute approximate surface area is 62.7 Å². The Bertz CT molecular complexity index is 180. The molecule has 0 aliphatic carbocycles. The topological polar surface area (TPSA) is 125 Å². The molecule has 0 amide bonds. The van der Waals surface area contributed by atoms with Gasteiger partial charge in [0.05, 0.1) is 0 Å². The molecule has 0 saturated carbocycles. The monoisotopic (exact) mass is 158 g/mol. The summed E-state index contributed by atoms with van der Waals surface area (Å²) in [5, 5.41) is 21.5. The van der Waals surface area contributed by atoms with Gasteiger partial charge in [-0.25, -0.2) is 15.0 Å². The highest BCUT2D eigenvalue weighted by Crippen LogP contribution is 1.77.